The maximum absolute atomic E-state index is 13.5. The Kier molecular flexibility index (Phi) is 9.76. The standard InChI is InChI=1S/C30H32N4O9/c1-3-42-30(41)34-14-12-33(13-15-34)28(38)22(10-11-26(35)36)32-27(37)23-17-25(20-6-4-5-7-21(20)31-23)43-24-16-19(29(39)40)9-8-18(24)2/h4-9,16-17,22H,3,10-15H2,1-2H3,(H,32,37)(H,35,36)(H,39,40)/t22-/m0/s1. The van der Waals surface area contributed by atoms with E-state index in [4.69, 9.17) is 9.47 Å². The van der Waals surface area contributed by atoms with Gasteiger partial charge in [-0.3, -0.25) is 14.4 Å². The van der Waals surface area contributed by atoms with Crippen molar-refractivity contribution in [3.63, 3.8) is 0 Å². The zero-order chi connectivity index (χ0) is 31.1. The van der Waals surface area contributed by atoms with Gasteiger partial charge >= 0.3 is 18.0 Å². The predicted molar refractivity (Wildman–Crippen MR) is 153 cm³/mol. The van der Waals surface area contributed by atoms with E-state index in [1.807, 2.05) is 0 Å². The van der Waals surface area contributed by atoms with Gasteiger partial charge < -0.3 is 34.8 Å². The van der Waals surface area contributed by atoms with Crippen LogP contribution in [0.3, 0.4) is 0 Å². The summed E-state index contributed by atoms with van der Waals surface area (Å²) in [7, 11) is 0. The molecule has 0 aliphatic carbocycles. The number of fused-ring (bicyclic) bond motifs is 1. The highest BCUT2D eigenvalue weighted by Gasteiger charge is 2.31. The number of pyridine rings is 1. The molecule has 2 aromatic carbocycles. The average molecular weight is 593 g/mol. The molecule has 1 aliphatic rings. The molecule has 1 atom stereocenters. The number of ether oxygens (including phenoxy) is 2. The van der Waals surface area contributed by atoms with Crippen LogP contribution in [0.5, 0.6) is 11.5 Å². The van der Waals surface area contributed by atoms with Crippen LogP contribution in [0, 0.1) is 6.92 Å². The van der Waals surface area contributed by atoms with Crippen molar-refractivity contribution < 1.29 is 43.7 Å². The lowest BCUT2D eigenvalue weighted by Gasteiger charge is -2.35. The van der Waals surface area contributed by atoms with E-state index in [0.717, 1.165) is 0 Å². The number of piperazine rings is 1. The second-order valence-corrected chi connectivity index (χ2v) is 9.88. The predicted octanol–water partition coefficient (Wildman–Crippen LogP) is 3.30. The summed E-state index contributed by atoms with van der Waals surface area (Å²) < 4.78 is 11.1. The molecule has 13 heteroatoms. The van der Waals surface area contributed by atoms with Gasteiger partial charge in [0, 0.05) is 44.1 Å². The zero-order valence-electron chi connectivity index (χ0n) is 23.7. The van der Waals surface area contributed by atoms with Crippen LogP contribution in [0.15, 0.2) is 48.5 Å². The van der Waals surface area contributed by atoms with Crippen molar-refractivity contribution in [1.29, 1.82) is 0 Å². The number of rotatable bonds is 10. The van der Waals surface area contributed by atoms with Gasteiger partial charge in [-0.15, -0.1) is 0 Å². The smallest absolute Gasteiger partial charge is 0.409 e. The van der Waals surface area contributed by atoms with E-state index < -0.39 is 35.9 Å². The lowest BCUT2D eigenvalue weighted by Crippen LogP contribution is -2.56. The van der Waals surface area contributed by atoms with Gasteiger partial charge in [-0.25, -0.2) is 14.6 Å². The molecule has 1 fully saturated rings. The number of amides is 3. The van der Waals surface area contributed by atoms with E-state index in [1.54, 1.807) is 44.2 Å². The minimum atomic E-state index is -1.16. The number of carbonyl (C=O) groups excluding carboxylic acids is 3. The molecule has 0 radical (unpaired) electrons. The van der Waals surface area contributed by atoms with E-state index in [9.17, 15) is 34.2 Å². The number of aromatic nitrogens is 1. The minimum Gasteiger partial charge on any atom is -0.481 e. The first-order valence-corrected chi connectivity index (χ1v) is 13.7. The van der Waals surface area contributed by atoms with Crippen LogP contribution >= 0.6 is 0 Å². The molecule has 0 unspecified atom stereocenters. The maximum atomic E-state index is 13.5. The fourth-order valence-corrected chi connectivity index (χ4v) is 4.61. The molecule has 1 aromatic heterocycles. The number of carboxylic acid groups (broad SMARTS) is 2. The molecule has 43 heavy (non-hydrogen) atoms. The Balaban J connectivity index is 1.58. The van der Waals surface area contributed by atoms with Crippen molar-refractivity contribution in [2.75, 3.05) is 32.8 Å². The summed E-state index contributed by atoms with van der Waals surface area (Å²) in [5.74, 6) is -2.93. The number of carbonyl (C=O) groups is 5. The second kappa shape index (κ2) is 13.6. The zero-order valence-corrected chi connectivity index (χ0v) is 23.7. The van der Waals surface area contributed by atoms with Gasteiger partial charge in [0.25, 0.3) is 5.91 Å². The van der Waals surface area contributed by atoms with Crippen LogP contribution in [0.4, 0.5) is 4.79 Å². The van der Waals surface area contributed by atoms with Crippen LogP contribution < -0.4 is 10.1 Å². The highest BCUT2D eigenvalue weighted by Crippen LogP contribution is 2.32. The quantitative estimate of drug-likeness (QED) is 0.317. The third-order valence-corrected chi connectivity index (χ3v) is 6.93. The summed E-state index contributed by atoms with van der Waals surface area (Å²) in [4.78, 5) is 69.1. The van der Waals surface area contributed by atoms with Crippen molar-refractivity contribution in [2.24, 2.45) is 0 Å². The molecule has 3 N–H and O–H groups in total. The second-order valence-electron chi connectivity index (χ2n) is 9.88. The Labute approximate surface area is 247 Å². The van der Waals surface area contributed by atoms with Crippen molar-refractivity contribution in [2.45, 2.75) is 32.7 Å². The maximum Gasteiger partial charge on any atom is 0.409 e. The molecule has 1 saturated heterocycles. The van der Waals surface area contributed by atoms with Crippen LogP contribution in [-0.2, 0) is 14.3 Å². The molecule has 1 aliphatic heterocycles. The Bertz CT molecular complexity index is 1550. The van der Waals surface area contributed by atoms with Crippen LogP contribution in [0.2, 0.25) is 0 Å². The molecule has 13 nitrogen and oxygen atoms in total. The third kappa shape index (κ3) is 7.56. The van der Waals surface area contributed by atoms with E-state index in [-0.39, 0.29) is 68.4 Å². The summed E-state index contributed by atoms with van der Waals surface area (Å²) in [6.07, 6.45) is -0.996. The van der Waals surface area contributed by atoms with Crippen LogP contribution in [-0.4, -0.2) is 93.7 Å². The number of benzene rings is 2. The third-order valence-electron chi connectivity index (χ3n) is 6.93. The van der Waals surface area contributed by atoms with Crippen molar-refractivity contribution in [3.05, 3.63) is 65.4 Å². The molecule has 0 saturated carbocycles. The Morgan fingerprint density at radius 1 is 0.953 bits per heavy atom. The van der Waals surface area contributed by atoms with E-state index in [1.165, 1.54) is 28.0 Å². The molecule has 0 spiro atoms. The fourth-order valence-electron chi connectivity index (χ4n) is 4.61. The normalized spacial score (nSPS) is 13.7. The largest absolute Gasteiger partial charge is 0.481 e. The van der Waals surface area contributed by atoms with Gasteiger partial charge in [-0.05, 0) is 50.1 Å². The number of para-hydroxylation sites is 1. The fraction of sp³-hybridized carbons (Fsp3) is 0.333. The van der Waals surface area contributed by atoms with E-state index in [2.05, 4.69) is 10.3 Å². The van der Waals surface area contributed by atoms with Gasteiger partial charge in [0.2, 0.25) is 5.91 Å². The topological polar surface area (TPSA) is 176 Å². The molecule has 226 valence electrons. The SMILES string of the molecule is CCOC(=O)N1CCN(C(=O)[C@H](CCC(=O)O)NC(=O)c2cc(Oc3cc(C(=O)O)ccc3C)c3ccccc3n2)CC1. The first kappa shape index (κ1) is 30.8. The number of nitrogens with zero attached hydrogens (tertiary/aromatic N) is 3. The Morgan fingerprint density at radius 2 is 1.65 bits per heavy atom. The number of hydrogen-bond donors (Lipinski definition) is 3. The molecule has 0 bridgehead atoms. The van der Waals surface area contributed by atoms with Crippen molar-refractivity contribution in [1.82, 2.24) is 20.1 Å². The van der Waals surface area contributed by atoms with Gasteiger partial charge in [0.05, 0.1) is 17.7 Å². The number of nitrogens with one attached hydrogen (secondary N) is 1. The number of hydrogen-bond acceptors (Lipinski definition) is 8. The van der Waals surface area contributed by atoms with Gasteiger partial charge in [0.1, 0.15) is 23.2 Å². The van der Waals surface area contributed by atoms with Gasteiger partial charge in [-0.1, -0.05) is 18.2 Å². The summed E-state index contributed by atoms with van der Waals surface area (Å²) >= 11 is 0. The molecule has 4 rings (SSSR count). The van der Waals surface area contributed by atoms with Gasteiger partial charge in [-0.2, -0.15) is 0 Å². The Hall–Kier alpha value is -5.20. The lowest BCUT2D eigenvalue weighted by atomic mass is 10.1. The number of aromatic carboxylic acids is 1. The highest BCUT2D eigenvalue weighted by atomic mass is 16.6. The molecular weight excluding hydrogens is 560 g/mol. The van der Waals surface area contributed by atoms with Gasteiger partial charge in [0.15, 0.2) is 0 Å². The monoisotopic (exact) mass is 592 g/mol. The molecule has 3 amide bonds. The summed E-state index contributed by atoms with van der Waals surface area (Å²) in [5, 5.41) is 21.9. The highest BCUT2D eigenvalue weighted by molar-refractivity contribution is 5.99. The summed E-state index contributed by atoms with van der Waals surface area (Å²) in [6.45, 7) is 4.54. The van der Waals surface area contributed by atoms with Crippen molar-refractivity contribution >= 4 is 40.7 Å². The average Bonchev–Trinajstić information content (AvgIpc) is 2.99. The lowest BCUT2D eigenvalue weighted by molar-refractivity contribution is -0.138. The molecular formula is C30H32N4O9. The number of aryl methyl sites for hydroxylation is 1. The number of aliphatic carboxylic acids is 1. The van der Waals surface area contributed by atoms with E-state index in [0.29, 0.717) is 16.5 Å². The van der Waals surface area contributed by atoms with Crippen molar-refractivity contribution in [3.8, 4) is 11.5 Å². The number of carboxylic acids is 2. The minimum absolute atomic E-state index is 0.0276. The van der Waals surface area contributed by atoms with E-state index >= 15 is 0 Å². The molecule has 3 aromatic rings. The molecule has 2 heterocycles. The summed E-state index contributed by atoms with van der Waals surface area (Å²) in [5.41, 5.74) is 1.03. The summed E-state index contributed by atoms with van der Waals surface area (Å²) in [6, 6.07) is 11.6. The first-order chi connectivity index (χ1) is 20.6. The Morgan fingerprint density at radius 3 is 2.33 bits per heavy atom. The first-order valence-electron chi connectivity index (χ1n) is 13.7. The van der Waals surface area contributed by atoms with Crippen LogP contribution in [0.25, 0.3) is 10.9 Å². The van der Waals surface area contributed by atoms with Crippen LogP contribution in [0.1, 0.15) is 46.2 Å².